The normalized spacial score (nSPS) is 12.3. The summed E-state index contributed by atoms with van der Waals surface area (Å²) in [6.45, 7) is 4.24. The monoisotopic (exact) mass is 273 g/mol. The van der Waals surface area contributed by atoms with Crippen LogP contribution >= 0.6 is 0 Å². The van der Waals surface area contributed by atoms with E-state index in [0.29, 0.717) is 17.4 Å². The Morgan fingerprint density at radius 2 is 2.05 bits per heavy atom. The minimum atomic E-state index is -1.11. The molecule has 1 aromatic carbocycles. The molecule has 0 radical (unpaired) electrons. The molecule has 0 saturated heterocycles. The van der Waals surface area contributed by atoms with Gasteiger partial charge in [0.05, 0.1) is 5.52 Å². The molecule has 1 aromatic heterocycles. The number of nitrogens with one attached hydrogen (secondary N) is 1. The number of benzene rings is 1. The van der Waals surface area contributed by atoms with Crippen LogP contribution in [0.5, 0.6) is 0 Å². The number of carbonyl (C=O) groups is 1. The summed E-state index contributed by atoms with van der Waals surface area (Å²) in [5.41, 5.74) is 0.647. The van der Waals surface area contributed by atoms with Gasteiger partial charge < -0.3 is 10.4 Å². The molecule has 1 heterocycles. The minimum absolute atomic E-state index is 0.169. The van der Waals surface area contributed by atoms with Crippen molar-refractivity contribution in [2.24, 2.45) is 0 Å². The quantitative estimate of drug-likeness (QED) is 0.844. The van der Waals surface area contributed by atoms with Gasteiger partial charge in [-0.05, 0) is 25.0 Å². The third-order valence-electron chi connectivity index (χ3n) is 3.27. The van der Waals surface area contributed by atoms with Gasteiger partial charge in [0.2, 0.25) is 5.82 Å². The van der Waals surface area contributed by atoms with E-state index in [1.165, 1.54) is 0 Å². The second-order valence-corrected chi connectivity index (χ2v) is 4.76. The van der Waals surface area contributed by atoms with E-state index in [1.54, 1.807) is 6.07 Å². The van der Waals surface area contributed by atoms with Crippen molar-refractivity contribution in [1.82, 2.24) is 9.97 Å². The Morgan fingerprint density at radius 1 is 1.30 bits per heavy atom. The van der Waals surface area contributed by atoms with Crippen molar-refractivity contribution in [1.29, 1.82) is 0 Å². The van der Waals surface area contributed by atoms with E-state index in [9.17, 15) is 4.79 Å². The van der Waals surface area contributed by atoms with Gasteiger partial charge in [-0.1, -0.05) is 32.4 Å². The lowest BCUT2D eigenvalue weighted by Gasteiger charge is -2.18. The zero-order valence-electron chi connectivity index (χ0n) is 11.8. The fourth-order valence-corrected chi connectivity index (χ4v) is 2.20. The number of fused-ring (bicyclic) bond motifs is 1. The first kappa shape index (κ1) is 14.2. The van der Waals surface area contributed by atoms with Gasteiger partial charge in [-0.25, -0.2) is 14.8 Å². The standard InChI is InChI=1S/C15H19N3O2/c1-3-7-10(4-2)16-13-11-8-5-6-9-12(11)17-14(18-13)15(19)20/h5-6,8-10H,3-4,7H2,1-2H3,(H,19,20)(H,16,17,18). The fourth-order valence-electron chi connectivity index (χ4n) is 2.20. The zero-order valence-corrected chi connectivity index (χ0v) is 11.8. The van der Waals surface area contributed by atoms with Crippen molar-refractivity contribution in [2.45, 2.75) is 39.2 Å². The lowest BCUT2D eigenvalue weighted by atomic mass is 10.1. The number of rotatable bonds is 6. The summed E-state index contributed by atoms with van der Waals surface area (Å²) < 4.78 is 0. The molecule has 0 amide bonds. The molecule has 0 bridgehead atoms. The molecule has 106 valence electrons. The molecule has 2 rings (SSSR count). The Balaban J connectivity index is 2.46. The fraction of sp³-hybridized carbons (Fsp3) is 0.400. The third-order valence-corrected chi connectivity index (χ3v) is 3.27. The number of carboxylic acids is 1. The Kier molecular flexibility index (Phi) is 4.50. The van der Waals surface area contributed by atoms with Crippen LogP contribution in [0.1, 0.15) is 43.7 Å². The van der Waals surface area contributed by atoms with E-state index < -0.39 is 5.97 Å². The van der Waals surface area contributed by atoms with Crippen molar-refractivity contribution in [3.05, 3.63) is 30.1 Å². The molecular weight excluding hydrogens is 254 g/mol. The maximum atomic E-state index is 11.1. The molecule has 2 aromatic rings. The van der Waals surface area contributed by atoms with Crippen molar-refractivity contribution >= 4 is 22.7 Å². The molecule has 0 saturated carbocycles. The number of para-hydroxylation sites is 1. The van der Waals surface area contributed by atoms with Crippen LogP contribution in [0.3, 0.4) is 0 Å². The molecule has 0 spiro atoms. The molecule has 5 heteroatoms. The molecule has 0 aliphatic rings. The number of anilines is 1. The lowest BCUT2D eigenvalue weighted by Crippen LogP contribution is -2.20. The average Bonchev–Trinajstić information content (AvgIpc) is 2.46. The maximum Gasteiger partial charge on any atom is 0.374 e. The topological polar surface area (TPSA) is 75.1 Å². The van der Waals surface area contributed by atoms with Crippen LogP contribution in [0.4, 0.5) is 5.82 Å². The first-order valence-electron chi connectivity index (χ1n) is 6.92. The van der Waals surface area contributed by atoms with Crippen molar-refractivity contribution in [2.75, 3.05) is 5.32 Å². The van der Waals surface area contributed by atoms with Crippen molar-refractivity contribution in [3.63, 3.8) is 0 Å². The van der Waals surface area contributed by atoms with Gasteiger partial charge in [-0.3, -0.25) is 0 Å². The number of hydrogen-bond donors (Lipinski definition) is 2. The number of carboxylic acid groups (broad SMARTS) is 1. The summed E-state index contributed by atoms with van der Waals surface area (Å²) in [5.74, 6) is -0.673. The van der Waals surface area contributed by atoms with E-state index in [-0.39, 0.29) is 5.82 Å². The van der Waals surface area contributed by atoms with Gasteiger partial charge in [0, 0.05) is 11.4 Å². The van der Waals surface area contributed by atoms with Crippen LogP contribution in [-0.4, -0.2) is 27.1 Å². The highest BCUT2D eigenvalue weighted by atomic mass is 16.4. The van der Waals surface area contributed by atoms with Crippen LogP contribution in [0.25, 0.3) is 10.9 Å². The number of hydrogen-bond acceptors (Lipinski definition) is 4. The van der Waals surface area contributed by atoms with Gasteiger partial charge in [-0.15, -0.1) is 0 Å². The summed E-state index contributed by atoms with van der Waals surface area (Å²) >= 11 is 0. The van der Waals surface area contributed by atoms with Crippen LogP contribution in [-0.2, 0) is 0 Å². The molecule has 5 nitrogen and oxygen atoms in total. The van der Waals surface area contributed by atoms with Crippen LogP contribution in [0.15, 0.2) is 24.3 Å². The van der Waals surface area contributed by atoms with Gasteiger partial charge in [-0.2, -0.15) is 0 Å². The Hall–Kier alpha value is -2.17. The molecule has 1 atom stereocenters. The van der Waals surface area contributed by atoms with Gasteiger partial charge in [0.25, 0.3) is 0 Å². The molecule has 1 unspecified atom stereocenters. The first-order valence-corrected chi connectivity index (χ1v) is 6.92. The highest BCUT2D eigenvalue weighted by molar-refractivity contribution is 5.93. The second-order valence-electron chi connectivity index (χ2n) is 4.76. The molecule has 0 aliphatic heterocycles. The van der Waals surface area contributed by atoms with Gasteiger partial charge in [0.1, 0.15) is 5.82 Å². The highest BCUT2D eigenvalue weighted by Gasteiger charge is 2.14. The Labute approximate surface area is 118 Å². The number of aromatic carboxylic acids is 1. The van der Waals surface area contributed by atoms with E-state index in [0.717, 1.165) is 24.6 Å². The van der Waals surface area contributed by atoms with Crippen LogP contribution < -0.4 is 5.32 Å². The Bertz CT molecular complexity index is 613. The van der Waals surface area contributed by atoms with E-state index in [1.807, 2.05) is 18.2 Å². The number of nitrogens with zero attached hydrogens (tertiary/aromatic N) is 2. The molecule has 20 heavy (non-hydrogen) atoms. The van der Waals surface area contributed by atoms with E-state index in [2.05, 4.69) is 29.1 Å². The summed E-state index contributed by atoms with van der Waals surface area (Å²) in [4.78, 5) is 19.3. The average molecular weight is 273 g/mol. The first-order chi connectivity index (χ1) is 9.65. The zero-order chi connectivity index (χ0) is 14.5. The summed E-state index contributed by atoms with van der Waals surface area (Å²) in [7, 11) is 0. The largest absolute Gasteiger partial charge is 0.475 e. The van der Waals surface area contributed by atoms with Gasteiger partial charge in [0.15, 0.2) is 0 Å². The molecule has 2 N–H and O–H groups in total. The Morgan fingerprint density at radius 3 is 2.70 bits per heavy atom. The number of aromatic nitrogens is 2. The van der Waals surface area contributed by atoms with Crippen molar-refractivity contribution < 1.29 is 9.90 Å². The molecule has 0 fully saturated rings. The van der Waals surface area contributed by atoms with Gasteiger partial charge >= 0.3 is 5.97 Å². The summed E-state index contributed by atoms with van der Waals surface area (Å²) in [5, 5.41) is 13.3. The van der Waals surface area contributed by atoms with Crippen molar-refractivity contribution in [3.8, 4) is 0 Å². The minimum Gasteiger partial charge on any atom is -0.475 e. The smallest absolute Gasteiger partial charge is 0.374 e. The predicted molar refractivity (Wildman–Crippen MR) is 79.1 cm³/mol. The van der Waals surface area contributed by atoms with E-state index in [4.69, 9.17) is 5.11 Å². The van der Waals surface area contributed by atoms with Crippen LogP contribution in [0, 0.1) is 0 Å². The highest BCUT2D eigenvalue weighted by Crippen LogP contribution is 2.22. The summed E-state index contributed by atoms with van der Waals surface area (Å²) in [6, 6.07) is 7.74. The van der Waals surface area contributed by atoms with E-state index >= 15 is 0 Å². The van der Waals surface area contributed by atoms with Crippen LogP contribution in [0.2, 0.25) is 0 Å². The predicted octanol–water partition coefficient (Wildman–Crippen LogP) is 3.32. The molecular formula is C15H19N3O2. The third kappa shape index (κ3) is 3.04. The summed E-state index contributed by atoms with van der Waals surface area (Å²) in [6.07, 6.45) is 3.06. The SMILES string of the molecule is CCCC(CC)Nc1nc(C(=O)O)nc2ccccc12. The lowest BCUT2D eigenvalue weighted by molar-refractivity contribution is 0.0684. The second kappa shape index (κ2) is 6.32. The maximum absolute atomic E-state index is 11.1. The molecule has 0 aliphatic carbocycles.